The standard InChI is InChI=1S/C34H33NO6/c36-33(37)31(19-20-32(39-21-24-11-3-1-4-12-24)40-22-25-13-5-2-6-14-25)35-34(38)41-23-30-28-17-9-7-15-26(28)27-16-8-10-18-29(27)30/h1-18,30-32H,19-23H2,(H,35,38)(H,36,37)/t31-/m0/s1. The first-order valence-electron chi connectivity index (χ1n) is 13.7. The predicted molar refractivity (Wildman–Crippen MR) is 155 cm³/mol. The summed E-state index contributed by atoms with van der Waals surface area (Å²) in [5.74, 6) is -1.26. The first-order valence-corrected chi connectivity index (χ1v) is 13.7. The van der Waals surface area contributed by atoms with Crippen molar-refractivity contribution in [3.63, 3.8) is 0 Å². The van der Waals surface area contributed by atoms with Crippen LogP contribution in [0, 0.1) is 0 Å². The minimum atomic E-state index is -1.16. The van der Waals surface area contributed by atoms with Gasteiger partial charge in [0.25, 0.3) is 0 Å². The Kier molecular flexibility index (Phi) is 9.41. The van der Waals surface area contributed by atoms with Crippen LogP contribution in [0.25, 0.3) is 11.1 Å². The normalized spacial score (nSPS) is 12.9. The largest absolute Gasteiger partial charge is 0.480 e. The van der Waals surface area contributed by atoms with Gasteiger partial charge in [-0.3, -0.25) is 0 Å². The summed E-state index contributed by atoms with van der Waals surface area (Å²) in [5.41, 5.74) is 6.38. The second-order valence-electron chi connectivity index (χ2n) is 9.96. The third-order valence-corrected chi connectivity index (χ3v) is 7.18. The number of nitrogens with one attached hydrogen (secondary N) is 1. The summed E-state index contributed by atoms with van der Waals surface area (Å²) in [5, 5.41) is 12.4. The van der Waals surface area contributed by atoms with Crippen LogP contribution in [0.1, 0.15) is 41.0 Å². The monoisotopic (exact) mass is 551 g/mol. The van der Waals surface area contributed by atoms with E-state index in [2.05, 4.69) is 17.4 Å². The Balaban J connectivity index is 1.17. The first-order chi connectivity index (χ1) is 20.1. The summed E-state index contributed by atoms with van der Waals surface area (Å²) < 4.78 is 17.6. The highest BCUT2D eigenvalue weighted by molar-refractivity contribution is 5.81. The number of carbonyl (C=O) groups is 2. The lowest BCUT2D eigenvalue weighted by Gasteiger charge is -2.22. The van der Waals surface area contributed by atoms with Gasteiger partial charge in [-0.05, 0) is 39.8 Å². The second kappa shape index (κ2) is 13.7. The highest BCUT2D eigenvalue weighted by Crippen LogP contribution is 2.44. The maximum absolute atomic E-state index is 12.7. The molecule has 1 aliphatic rings. The third kappa shape index (κ3) is 7.39. The number of hydrogen-bond acceptors (Lipinski definition) is 5. The van der Waals surface area contributed by atoms with Crippen LogP contribution in [0.5, 0.6) is 0 Å². The van der Waals surface area contributed by atoms with Gasteiger partial charge in [-0.25, -0.2) is 9.59 Å². The molecule has 0 radical (unpaired) electrons. The summed E-state index contributed by atoms with van der Waals surface area (Å²) in [4.78, 5) is 24.8. The van der Waals surface area contributed by atoms with Crippen LogP contribution < -0.4 is 5.32 Å². The van der Waals surface area contributed by atoms with Crippen LogP contribution in [0.3, 0.4) is 0 Å². The van der Waals surface area contributed by atoms with Gasteiger partial charge in [-0.2, -0.15) is 0 Å². The molecule has 0 saturated carbocycles. The number of benzene rings is 4. The smallest absolute Gasteiger partial charge is 0.407 e. The Morgan fingerprint density at radius 3 is 1.68 bits per heavy atom. The molecule has 5 rings (SSSR count). The fourth-order valence-corrected chi connectivity index (χ4v) is 5.08. The van der Waals surface area contributed by atoms with Crippen molar-refractivity contribution in [3.05, 3.63) is 131 Å². The number of amides is 1. The zero-order valence-corrected chi connectivity index (χ0v) is 22.6. The van der Waals surface area contributed by atoms with Crippen LogP contribution in [0.4, 0.5) is 4.79 Å². The van der Waals surface area contributed by atoms with E-state index in [1.54, 1.807) is 0 Å². The number of ether oxygens (including phenoxy) is 3. The Morgan fingerprint density at radius 2 is 1.17 bits per heavy atom. The minimum absolute atomic E-state index is 0.105. The van der Waals surface area contributed by atoms with Gasteiger partial charge in [0, 0.05) is 12.3 Å². The molecule has 0 unspecified atom stereocenters. The molecule has 4 aromatic carbocycles. The Morgan fingerprint density at radius 1 is 0.683 bits per heavy atom. The number of fused-ring (bicyclic) bond motifs is 3. The quantitative estimate of drug-likeness (QED) is 0.184. The zero-order valence-electron chi connectivity index (χ0n) is 22.6. The molecule has 210 valence electrons. The molecule has 41 heavy (non-hydrogen) atoms. The summed E-state index contributed by atoms with van der Waals surface area (Å²) in [7, 11) is 0. The number of carboxylic acids is 1. The highest BCUT2D eigenvalue weighted by Gasteiger charge is 2.30. The number of hydrogen-bond donors (Lipinski definition) is 2. The van der Waals surface area contributed by atoms with E-state index >= 15 is 0 Å². The van der Waals surface area contributed by atoms with Crippen molar-refractivity contribution in [1.82, 2.24) is 5.32 Å². The second-order valence-corrected chi connectivity index (χ2v) is 9.96. The lowest BCUT2D eigenvalue weighted by molar-refractivity contribution is -0.162. The van der Waals surface area contributed by atoms with Gasteiger partial charge in [-0.15, -0.1) is 0 Å². The molecule has 0 heterocycles. The van der Waals surface area contributed by atoms with Gasteiger partial charge in [-0.1, -0.05) is 109 Å². The SMILES string of the molecule is O=C(N[C@@H](CCC(OCc1ccccc1)OCc1ccccc1)C(=O)O)OCC1c2ccccc2-c2ccccc21. The van der Waals surface area contributed by atoms with E-state index in [4.69, 9.17) is 14.2 Å². The van der Waals surface area contributed by atoms with Crippen molar-refractivity contribution in [1.29, 1.82) is 0 Å². The van der Waals surface area contributed by atoms with Gasteiger partial charge in [0.05, 0.1) is 13.2 Å². The molecule has 1 aliphatic carbocycles. The van der Waals surface area contributed by atoms with E-state index in [1.165, 1.54) is 0 Å². The van der Waals surface area contributed by atoms with E-state index in [9.17, 15) is 14.7 Å². The maximum Gasteiger partial charge on any atom is 0.407 e. The summed E-state index contributed by atoms with van der Waals surface area (Å²) in [6.45, 7) is 0.741. The van der Waals surface area contributed by atoms with E-state index in [0.29, 0.717) is 13.2 Å². The maximum atomic E-state index is 12.7. The molecular formula is C34H33NO6. The van der Waals surface area contributed by atoms with Crippen molar-refractivity contribution in [2.45, 2.75) is 44.3 Å². The molecule has 2 N–H and O–H groups in total. The molecule has 4 aromatic rings. The van der Waals surface area contributed by atoms with Gasteiger partial charge >= 0.3 is 12.1 Å². The predicted octanol–water partition coefficient (Wildman–Crippen LogP) is 6.52. The molecule has 0 fully saturated rings. The van der Waals surface area contributed by atoms with E-state index in [1.807, 2.05) is 97.1 Å². The van der Waals surface area contributed by atoms with Crippen molar-refractivity contribution in [2.24, 2.45) is 0 Å². The van der Waals surface area contributed by atoms with Crippen LogP contribution in [-0.4, -0.2) is 36.1 Å². The highest BCUT2D eigenvalue weighted by atomic mass is 16.7. The first kappa shape index (κ1) is 28.1. The molecular weight excluding hydrogens is 518 g/mol. The van der Waals surface area contributed by atoms with Gasteiger partial charge in [0.15, 0.2) is 6.29 Å². The Bertz CT molecular complexity index is 1350. The molecule has 0 saturated heterocycles. The van der Waals surface area contributed by atoms with Crippen molar-refractivity contribution >= 4 is 12.1 Å². The van der Waals surface area contributed by atoms with Crippen LogP contribution >= 0.6 is 0 Å². The van der Waals surface area contributed by atoms with Crippen molar-refractivity contribution < 1.29 is 28.9 Å². The number of alkyl carbamates (subject to hydrolysis) is 1. The van der Waals surface area contributed by atoms with Gasteiger partial charge in [0.2, 0.25) is 0 Å². The van der Waals surface area contributed by atoms with Crippen LogP contribution in [-0.2, 0) is 32.2 Å². The van der Waals surface area contributed by atoms with Crippen LogP contribution in [0.15, 0.2) is 109 Å². The number of rotatable bonds is 13. The van der Waals surface area contributed by atoms with Crippen LogP contribution in [0.2, 0.25) is 0 Å². The Hall–Kier alpha value is -4.46. The summed E-state index contributed by atoms with van der Waals surface area (Å²) >= 11 is 0. The van der Waals surface area contributed by atoms with Gasteiger partial charge in [0.1, 0.15) is 12.6 Å². The summed E-state index contributed by atoms with van der Waals surface area (Å²) in [6.07, 6.45) is -1.07. The fourth-order valence-electron chi connectivity index (χ4n) is 5.08. The van der Waals surface area contributed by atoms with E-state index in [-0.39, 0.29) is 25.4 Å². The molecule has 7 nitrogen and oxygen atoms in total. The minimum Gasteiger partial charge on any atom is -0.480 e. The lowest BCUT2D eigenvalue weighted by Crippen LogP contribution is -2.42. The van der Waals surface area contributed by atoms with E-state index < -0.39 is 24.4 Å². The molecule has 0 bridgehead atoms. The fraction of sp³-hybridized carbons (Fsp3) is 0.235. The summed E-state index contributed by atoms with van der Waals surface area (Å²) in [6, 6.07) is 34.3. The van der Waals surface area contributed by atoms with E-state index in [0.717, 1.165) is 33.4 Å². The molecule has 0 spiro atoms. The molecule has 0 aliphatic heterocycles. The number of carbonyl (C=O) groups excluding carboxylic acids is 1. The zero-order chi connectivity index (χ0) is 28.4. The average molecular weight is 552 g/mol. The molecule has 0 aromatic heterocycles. The average Bonchev–Trinajstić information content (AvgIpc) is 3.33. The molecule has 1 amide bonds. The molecule has 7 heteroatoms. The number of carboxylic acid groups (broad SMARTS) is 1. The lowest BCUT2D eigenvalue weighted by atomic mass is 9.98. The van der Waals surface area contributed by atoms with Gasteiger partial charge < -0.3 is 24.6 Å². The topological polar surface area (TPSA) is 94.1 Å². The van der Waals surface area contributed by atoms with Crippen molar-refractivity contribution in [3.8, 4) is 11.1 Å². The third-order valence-electron chi connectivity index (χ3n) is 7.18. The Labute approximate surface area is 239 Å². The molecule has 1 atom stereocenters. The van der Waals surface area contributed by atoms with Crippen molar-refractivity contribution in [2.75, 3.05) is 6.61 Å². The number of aliphatic carboxylic acids is 1.